The summed E-state index contributed by atoms with van der Waals surface area (Å²) in [4.78, 5) is 0. The van der Waals surface area contributed by atoms with Gasteiger partial charge in [-0.25, -0.2) is 8.42 Å². The van der Waals surface area contributed by atoms with Crippen LogP contribution >= 0.6 is 0 Å². The standard InChI is InChI=1S/C17H21NO2S/c1-14-8-6-7-11-16(14)17(18-2)13-21(19,20)12-15-9-4-3-5-10-15/h3-11,17-18H,12-13H2,1-2H3. The van der Waals surface area contributed by atoms with Gasteiger partial charge in [-0.15, -0.1) is 0 Å². The highest BCUT2D eigenvalue weighted by Crippen LogP contribution is 2.20. The molecule has 0 spiro atoms. The van der Waals surface area contributed by atoms with Crippen LogP contribution in [0.3, 0.4) is 0 Å². The van der Waals surface area contributed by atoms with Gasteiger partial charge in [-0.3, -0.25) is 0 Å². The van der Waals surface area contributed by atoms with E-state index in [9.17, 15) is 8.42 Å². The van der Waals surface area contributed by atoms with Crippen molar-refractivity contribution in [1.82, 2.24) is 5.32 Å². The molecule has 0 saturated heterocycles. The maximum absolute atomic E-state index is 12.4. The second-order valence-corrected chi connectivity index (χ2v) is 7.35. The third-order valence-corrected chi connectivity index (χ3v) is 5.18. The van der Waals surface area contributed by atoms with Crippen molar-refractivity contribution in [3.8, 4) is 0 Å². The first-order valence-corrected chi connectivity index (χ1v) is 8.81. The van der Waals surface area contributed by atoms with Gasteiger partial charge in [0.1, 0.15) is 0 Å². The van der Waals surface area contributed by atoms with E-state index in [2.05, 4.69) is 5.32 Å². The Labute approximate surface area is 126 Å². The molecule has 21 heavy (non-hydrogen) atoms. The largest absolute Gasteiger partial charge is 0.312 e. The molecule has 2 aromatic carbocycles. The first-order chi connectivity index (χ1) is 10.0. The van der Waals surface area contributed by atoms with Crippen LogP contribution in [0.4, 0.5) is 0 Å². The first kappa shape index (κ1) is 15.7. The van der Waals surface area contributed by atoms with Gasteiger partial charge in [0.15, 0.2) is 9.84 Å². The van der Waals surface area contributed by atoms with Gasteiger partial charge >= 0.3 is 0 Å². The van der Waals surface area contributed by atoms with Crippen LogP contribution in [0.25, 0.3) is 0 Å². The molecule has 0 aromatic heterocycles. The Bertz CT molecular complexity index is 681. The van der Waals surface area contributed by atoms with Gasteiger partial charge in [0.05, 0.1) is 11.5 Å². The number of nitrogens with one attached hydrogen (secondary N) is 1. The van der Waals surface area contributed by atoms with Crippen molar-refractivity contribution in [3.05, 3.63) is 71.3 Å². The van der Waals surface area contributed by atoms with Gasteiger partial charge in [-0.1, -0.05) is 54.6 Å². The lowest BCUT2D eigenvalue weighted by molar-refractivity contribution is 0.572. The summed E-state index contributed by atoms with van der Waals surface area (Å²) in [6.45, 7) is 2.00. The quantitative estimate of drug-likeness (QED) is 0.892. The molecule has 0 saturated carbocycles. The van der Waals surface area contributed by atoms with Crippen LogP contribution in [0, 0.1) is 6.92 Å². The zero-order chi connectivity index (χ0) is 15.3. The maximum Gasteiger partial charge on any atom is 0.156 e. The van der Waals surface area contributed by atoms with E-state index in [0.29, 0.717) is 0 Å². The molecule has 0 radical (unpaired) electrons. The third kappa shape index (κ3) is 4.41. The highest BCUT2D eigenvalue weighted by molar-refractivity contribution is 7.90. The van der Waals surface area contributed by atoms with Crippen LogP contribution in [0.5, 0.6) is 0 Å². The van der Waals surface area contributed by atoms with Gasteiger partial charge in [0, 0.05) is 6.04 Å². The van der Waals surface area contributed by atoms with Crippen molar-refractivity contribution in [1.29, 1.82) is 0 Å². The minimum atomic E-state index is -3.17. The predicted molar refractivity (Wildman–Crippen MR) is 86.9 cm³/mol. The average Bonchev–Trinajstić information content (AvgIpc) is 2.46. The van der Waals surface area contributed by atoms with Crippen LogP contribution < -0.4 is 5.32 Å². The van der Waals surface area contributed by atoms with Crippen molar-refractivity contribution in [3.63, 3.8) is 0 Å². The van der Waals surface area contributed by atoms with Crippen LogP contribution in [0.2, 0.25) is 0 Å². The number of sulfone groups is 1. The molecule has 2 aromatic rings. The lowest BCUT2D eigenvalue weighted by atomic mass is 10.0. The first-order valence-electron chi connectivity index (χ1n) is 6.99. The molecule has 0 aliphatic heterocycles. The summed E-state index contributed by atoms with van der Waals surface area (Å²) in [5.74, 6) is 0.182. The molecular weight excluding hydrogens is 282 g/mol. The normalized spacial score (nSPS) is 13.0. The highest BCUT2D eigenvalue weighted by atomic mass is 32.2. The molecule has 0 aliphatic carbocycles. The van der Waals surface area contributed by atoms with Crippen molar-refractivity contribution < 1.29 is 8.42 Å². The average molecular weight is 303 g/mol. The van der Waals surface area contributed by atoms with E-state index < -0.39 is 9.84 Å². The Kier molecular flexibility index (Phi) is 5.15. The van der Waals surface area contributed by atoms with Gasteiger partial charge in [-0.2, -0.15) is 0 Å². The van der Waals surface area contributed by atoms with Crippen LogP contribution in [-0.4, -0.2) is 21.2 Å². The fourth-order valence-corrected chi connectivity index (χ4v) is 4.12. The molecule has 0 amide bonds. The van der Waals surface area contributed by atoms with Gasteiger partial charge in [-0.05, 0) is 30.7 Å². The molecule has 1 atom stereocenters. The number of rotatable bonds is 6. The Morgan fingerprint density at radius 3 is 2.24 bits per heavy atom. The van der Waals surface area contributed by atoms with Gasteiger partial charge in [0.2, 0.25) is 0 Å². The molecule has 0 aliphatic rings. The van der Waals surface area contributed by atoms with E-state index in [1.807, 2.05) is 61.5 Å². The number of aryl methyl sites for hydroxylation is 1. The van der Waals surface area contributed by atoms with E-state index in [1.165, 1.54) is 0 Å². The lowest BCUT2D eigenvalue weighted by Crippen LogP contribution is -2.26. The molecule has 3 nitrogen and oxygen atoms in total. The third-order valence-electron chi connectivity index (χ3n) is 3.56. The molecule has 0 heterocycles. The molecule has 0 fully saturated rings. The lowest BCUT2D eigenvalue weighted by Gasteiger charge is -2.19. The fourth-order valence-electron chi connectivity index (χ4n) is 2.45. The predicted octanol–water partition coefficient (Wildman–Crippen LogP) is 2.87. The van der Waals surface area contributed by atoms with E-state index in [4.69, 9.17) is 0 Å². The summed E-state index contributed by atoms with van der Waals surface area (Å²) in [7, 11) is -1.37. The topological polar surface area (TPSA) is 46.2 Å². The number of benzene rings is 2. The molecule has 0 bridgehead atoms. The SMILES string of the molecule is CNC(CS(=O)(=O)Cc1ccccc1)c1ccccc1C. The molecule has 1 N–H and O–H groups in total. The number of hydrogen-bond acceptors (Lipinski definition) is 3. The smallest absolute Gasteiger partial charge is 0.156 e. The van der Waals surface area contributed by atoms with Crippen molar-refractivity contribution in [2.24, 2.45) is 0 Å². The Hall–Kier alpha value is -1.65. The number of hydrogen-bond donors (Lipinski definition) is 1. The monoisotopic (exact) mass is 303 g/mol. The minimum Gasteiger partial charge on any atom is -0.312 e. The summed E-state index contributed by atoms with van der Waals surface area (Å²) in [5.41, 5.74) is 2.97. The Morgan fingerprint density at radius 2 is 1.62 bits per heavy atom. The van der Waals surface area contributed by atoms with E-state index in [0.717, 1.165) is 16.7 Å². The van der Waals surface area contributed by atoms with Crippen LogP contribution in [0.1, 0.15) is 22.7 Å². The summed E-state index contributed by atoms with van der Waals surface area (Å²) < 4.78 is 24.8. The zero-order valence-corrected chi connectivity index (χ0v) is 13.2. The molecule has 1 unspecified atom stereocenters. The summed E-state index contributed by atoms with van der Waals surface area (Å²) in [5, 5.41) is 3.12. The summed E-state index contributed by atoms with van der Waals surface area (Å²) >= 11 is 0. The van der Waals surface area contributed by atoms with Crippen molar-refractivity contribution in [2.75, 3.05) is 12.8 Å². The van der Waals surface area contributed by atoms with Crippen LogP contribution in [-0.2, 0) is 15.6 Å². The van der Waals surface area contributed by atoms with Crippen molar-refractivity contribution >= 4 is 9.84 Å². The zero-order valence-electron chi connectivity index (χ0n) is 12.4. The minimum absolute atomic E-state index is 0.0813. The Morgan fingerprint density at radius 1 is 1.00 bits per heavy atom. The van der Waals surface area contributed by atoms with Gasteiger partial charge in [0.25, 0.3) is 0 Å². The highest BCUT2D eigenvalue weighted by Gasteiger charge is 2.21. The van der Waals surface area contributed by atoms with Gasteiger partial charge < -0.3 is 5.32 Å². The second-order valence-electron chi connectivity index (χ2n) is 5.24. The van der Waals surface area contributed by atoms with E-state index in [-0.39, 0.29) is 17.5 Å². The van der Waals surface area contributed by atoms with Crippen LogP contribution in [0.15, 0.2) is 54.6 Å². The fraction of sp³-hybridized carbons (Fsp3) is 0.294. The maximum atomic E-state index is 12.4. The summed E-state index contributed by atoms with van der Waals surface area (Å²) in [6.07, 6.45) is 0. The van der Waals surface area contributed by atoms with E-state index >= 15 is 0 Å². The molecule has 2 rings (SSSR count). The Balaban J connectivity index is 2.16. The molecular formula is C17H21NO2S. The summed E-state index contributed by atoms with van der Waals surface area (Å²) in [6, 6.07) is 17.0. The second kappa shape index (κ2) is 6.87. The molecule has 112 valence electrons. The van der Waals surface area contributed by atoms with E-state index in [1.54, 1.807) is 7.05 Å². The van der Waals surface area contributed by atoms with Crippen molar-refractivity contribution in [2.45, 2.75) is 18.7 Å². The molecule has 4 heteroatoms.